The molecule has 2 saturated heterocycles. The summed E-state index contributed by atoms with van der Waals surface area (Å²) in [6.45, 7) is 4.87. The smallest absolute Gasteiger partial charge is 0.322 e. The van der Waals surface area contributed by atoms with Crippen LogP contribution >= 0.6 is 0 Å². The van der Waals surface area contributed by atoms with Crippen LogP contribution in [0.1, 0.15) is 32.6 Å². The van der Waals surface area contributed by atoms with Crippen LogP contribution < -0.4 is 5.32 Å². The van der Waals surface area contributed by atoms with Crippen LogP contribution in [0.25, 0.3) is 0 Å². The number of hydrogen-bond acceptors (Lipinski definition) is 5. The lowest BCUT2D eigenvalue weighted by Gasteiger charge is -2.35. The largest absolute Gasteiger partial charge is 0.468 e. The van der Waals surface area contributed by atoms with E-state index in [0.717, 1.165) is 38.8 Å². The number of methoxy groups -OCH3 is 1. The fraction of sp³-hybridized carbons (Fsp3) is 0.867. The van der Waals surface area contributed by atoms with Crippen molar-refractivity contribution in [2.24, 2.45) is 5.92 Å². The topological polar surface area (TPSA) is 67.9 Å². The van der Waals surface area contributed by atoms with E-state index in [4.69, 9.17) is 9.47 Å². The van der Waals surface area contributed by atoms with E-state index in [1.54, 1.807) is 0 Å². The second-order valence-corrected chi connectivity index (χ2v) is 5.90. The zero-order chi connectivity index (χ0) is 15.2. The third-order valence-electron chi connectivity index (χ3n) is 4.56. The van der Waals surface area contributed by atoms with E-state index in [0.29, 0.717) is 13.2 Å². The minimum atomic E-state index is -0.206. The molecule has 1 N–H and O–H groups in total. The van der Waals surface area contributed by atoms with Crippen molar-refractivity contribution in [3.05, 3.63) is 0 Å². The molecule has 2 rings (SSSR count). The Hall–Kier alpha value is -1.14. The van der Waals surface area contributed by atoms with Crippen LogP contribution in [0.5, 0.6) is 0 Å². The Balaban J connectivity index is 1.73. The van der Waals surface area contributed by atoms with Gasteiger partial charge in [-0.2, -0.15) is 0 Å². The normalized spacial score (nSPS) is 23.5. The predicted octanol–water partition coefficient (Wildman–Crippen LogP) is 0.555. The highest BCUT2D eigenvalue weighted by Crippen LogP contribution is 2.18. The predicted molar refractivity (Wildman–Crippen MR) is 77.8 cm³/mol. The van der Waals surface area contributed by atoms with Gasteiger partial charge in [0.2, 0.25) is 5.91 Å². The Bertz CT molecular complexity index is 361. The van der Waals surface area contributed by atoms with Crippen molar-refractivity contribution >= 4 is 11.9 Å². The van der Waals surface area contributed by atoms with Crippen LogP contribution in [-0.4, -0.2) is 62.3 Å². The average Bonchev–Trinajstić information content (AvgIpc) is 2.55. The van der Waals surface area contributed by atoms with Crippen molar-refractivity contribution in [1.29, 1.82) is 0 Å². The summed E-state index contributed by atoms with van der Waals surface area (Å²) >= 11 is 0. The van der Waals surface area contributed by atoms with E-state index < -0.39 is 0 Å². The molecule has 1 atom stereocenters. The van der Waals surface area contributed by atoms with Crippen molar-refractivity contribution in [1.82, 2.24) is 10.2 Å². The molecule has 0 radical (unpaired) electrons. The first-order valence-corrected chi connectivity index (χ1v) is 7.81. The third kappa shape index (κ3) is 4.41. The van der Waals surface area contributed by atoms with Gasteiger partial charge in [0, 0.05) is 38.3 Å². The number of ether oxygens (including phenoxy) is 2. The second kappa shape index (κ2) is 7.75. The number of rotatable bonds is 4. The second-order valence-electron chi connectivity index (χ2n) is 5.90. The minimum Gasteiger partial charge on any atom is -0.468 e. The molecule has 0 bridgehead atoms. The van der Waals surface area contributed by atoms with Gasteiger partial charge in [0.1, 0.15) is 6.04 Å². The first-order chi connectivity index (χ1) is 10.1. The number of likely N-dealkylation sites (tertiary alicyclic amines) is 1. The maximum atomic E-state index is 12.2. The van der Waals surface area contributed by atoms with Crippen molar-refractivity contribution in [3.63, 3.8) is 0 Å². The number of nitrogens with zero attached hydrogens (tertiary/aromatic N) is 1. The summed E-state index contributed by atoms with van der Waals surface area (Å²) in [5, 5.41) is 3.15. The highest BCUT2D eigenvalue weighted by atomic mass is 16.5. The zero-order valence-electron chi connectivity index (χ0n) is 13.0. The standard InChI is InChI=1S/C15H26N2O4/c1-11(15(19)20-2)17-7-3-13(4-8-17)16-14(18)12-5-9-21-10-6-12/h11-13H,3-10H2,1-2H3,(H,16,18). The Morgan fingerprint density at radius 1 is 1.19 bits per heavy atom. The minimum absolute atomic E-state index is 0.103. The molecule has 0 saturated carbocycles. The Kier molecular flexibility index (Phi) is 5.99. The lowest BCUT2D eigenvalue weighted by molar-refractivity contribution is -0.147. The van der Waals surface area contributed by atoms with E-state index in [9.17, 15) is 9.59 Å². The van der Waals surface area contributed by atoms with Gasteiger partial charge in [0.05, 0.1) is 7.11 Å². The fourth-order valence-corrected chi connectivity index (χ4v) is 3.03. The summed E-state index contributed by atoms with van der Waals surface area (Å²) in [7, 11) is 1.42. The summed E-state index contributed by atoms with van der Waals surface area (Å²) in [4.78, 5) is 25.8. The first-order valence-electron chi connectivity index (χ1n) is 7.81. The van der Waals surface area contributed by atoms with Crippen LogP contribution in [0.15, 0.2) is 0 Å². The highest BCUT2D eigenvalue weighted by molar-refractivity contribution is 5.79. The molecule has 2 heterocycles. The molecule has 0 aliphatic carbocycles. The van der Waals surface area contributed by atoms with Crippen LogP contribution in [0.3, 0.4) is 0 Å². The number of carbonyl (C=O) groups excluding carboxylic acids is 2. The molecule has 2 aliphatic heterocycles. The number of piperidine rings is 1. The molecule has 0 aromatic carbocycles. The highest BCUT2D eigenvalue weighted by Gasteiger charge is 2.29. The summed E-state index contributed by atoms with van der Waals surface area (Å²) in [6, 6.07) is 0.0172. The molecule has 21 heavy (non-hydrogen) atoms. The van der Waals surface area contributed by atoms with Crippen LogP contribution in [-0.2, 0) is 19.1 Å². The van der Waals surface area contributed by atoms with Crippen molar-refractivity contribution in [3.8, 4) is 0 Å². The number of esters is 1. The molecule has 6 heteroatoms. The molecule has 120 valence electrons. The molecular weight excluding hydrogens is 272 g/mol. The fourth-order valence-electron chi connectivity index (χ4n) is 3.03. The summed E-state index contributed by atoms with van der Waals surface area (Å²) in [5.74, 6) is 0.0724. The number of hydrogen-bond donors (Lipinski definition) is 1. The van der Waals surface area contributed by atoms with Crippen molar-refractivity contribution in [2.45, 2.75) is 44.7 Å². The third-order valence-corrected chi connectivity index (χ3v) is 4.56. The molecule has 1 amide bonds. The number of amides is 1. The lowest BCUT2D eigenvalue weighted by Crippen LogP contribution is -2.50. The summed E-state index contributed by atoms with van der Waals surface area (Å²) in [6.07, 6.45) is 3.42. The number of carbonyl (C=O) groups is 2. The van der Waals surface area contributed by atoms with Gasteiger partial charge in [0.15, 0.2) is 0 Å². The van der Waals surface area contributed by atoms with Crippen molar-refractivity contribution < 1.29 is 19.1 Å². The van der Waals surface area contributed by atoms with Crippen LogP contribution in [0.4, 0.5) is 0 Å². The molecule has 0 aromatic heterocycles. The van der Waals surface area contributed by atoms with Gasteiger partial charge < -0.3 is 14.8 Å². The molecule has 2 aliphatic rings. The van der Waals surface area contributed by atoms with Crippen LogP contribution in [0.2, 0.25) is 0 Å². The summed E-state index contributed by atoms with van der Waals surface area (Å²) in [5.41, 5.74) is 0. The maximum absolute atomic E-state index is 12.2. The Morgan fingerprint density at radius 2 is 1.81 bits per heavy atom. The Morgan fingerprint density at radius 3 is 2.38 bits per heavy atom. The van der Waals surface area contributed by atoms with E-state index in [2.05, 4.69) is 10.2 Å². The average molecular weight is 298 g/mol. The maximum Gasteiger partial charge on any atom is 0.322 e. The molecular formula is C15H26N2O4. The van der Waals surface area contributed by atoms with E-state index in [1.165, 1.54) is 7.11 Å². The van der Waals surface area contributed by atoms with E-state index in [-0.39, 0.29) is 29.9 Å². The molecule has 2 fully saturated rings. The van der Waals surface area contributed by atoms with Gasteiger partial charge in [-0.05, 0) is 32.6 Å². The van der Waals surface area contributed by atoms with Gasteiger partial charge in [-0.15, -0.1) is 0 Å². The van der Waals surface area contributed by atoms with Crippen molar-refractivity contribution in [2.75, 3.05) is 33.4 Å². The van der Waals surface area contributed by atoms with Gasteiger partial charge in [-0.1, -0.05) is 0 Å². The molecule has 1 unspecified atom stereocenters. The zero-order valence-corrected chi connectivity index (χ0v) is 13.0. The van der Waals surface area contributed by atoms with Gasteiger partial charge in [0.25, 0.3) is 0 Å². The quantitative estimate of drug-likeness (QED) is 0.768. The lowest BCUT2D eigenvalue weighted by atomic mass is 9.97. The van der Waals surface area contributed by atoms with Gasteiger partial charge in [-0.3, -0.25) is 14.5 Å². The van der Waals surface area contributed by atoms with Gasteiger partial charge >= 0.3 is 5.97 Å². The number of nitrogens with one attached hydrogen (secondary N) is 1. The summed E-state index contributed by atoms with van der Waals surface area (Å²) < 4.78 is 10.1. The molecule has 0 spiro atoms. The van der Waals surface area contributed by atoms with Gasteiger partial charge in [-0.25, -0.2) is 0 Å². The van der Waals surface area contributed by atoms with E-state index >= 15 is 0 Å². The van der Waals surface area contributed by atoms with Crippen LogP contribution in [0, 0.1) is 5.92 Å². The van der Waals surface area contributed by atoms with E-state index in [1.807, 2.05) is 6.92 Å². The molecule has 6 nitrogen and oxygen atoms in total. The first kappa shape index (κ1) is 16.2. The monoisotopic (exact) mass is 298 g/mol. The SMILES string of the molecule is COC(=O)C(C)N1CCC(NC(=O)C2CCOCC2)CC1. The molecule has 0 aromatic rings. The Labute approximate surface area is 126 Å².